The molecule has 0 aromatic carbocycles. The van der Waals surface area contributed by atoms with E-state index >= 15 is 0 Å². The van der Waals surface area contributed by atoms with E-state index in [-0.39, 0.29) is 23.7 Å². The van der Waals surface area contributed by atoms with Crippen LogP contribution in [-0.2, 0) is 18.6 Å². The molecule has 5 rings (SSSR count). The Morgan fingerprint density at radius 3 is 3.10 bits per heavy atom. The third-order valence-electron chi connectivity index (χ3n) is 4.98. The number of aliphatic hydroxyl groups is 1. The summed E-state index contributed by atoms with van der Waals surface area (Å²) in [5, 5.41) is 10.7. The standard InChI is InChI=1S/C14H16N7O7P/c15-13-18-10-7(11(23)19-13)17-6-21(10)12-8-9(22)14(28-12,3-26-8)4-27-29(24,25)20-2-1-16-5-20/h1-2,5-6,8-9,12,22H,3-4H2,(H,24,25)(H3,15,18,19,23)/p-1/t8-,9?,12+,14+/m0/s1. The molecule has 2 unspecified atom stereocenters. The van der Waals surface area contributed by atoms with E-state index < -0.39 is 43.9 Å². The third-order valence-corrected chi connectivity index (χ3v) is 6.23. The van der Waals surface area contributed by atoms with Gasteiger partial charge in [0.2, 0.25) is 13.7 Å². The first kappa shape index (κ1) is 18.4. The molecule has 3 aromatic heterocycles. The largest absolute Gasteiger partial charge is 0.761 e. The normalized spacial score (nSPS) is 30.8. The molecule has 14 nitrogen and oxygen atoms in total. The monoisotopic (exact) mass is 424 g/mol. The number of H-pyrrole nitrogens is 1. The summed E-state index contributed by atoms with van der Waals surface area (Å²) in [6.45, 7) is -0.565. The van der Waals surface area contributed by atoms with Gasteiger partial charge in [0.15, 0.2) is 17.4 Å². The highest BCUT2D eigenvalue weighted by molar-refractivity contribution is 7.49. The Morgan fingerprint density at radius 2 is 2.34 bits per heavy atom. The fourth-order valence-electron chi connectivity index (χ4n) is 3.52. The predicted octanol–water partition coefficient (Wildman–Crippen LogP) is -2.04. The Morgan fingerprint density at radius 1 is 1.52 bits per heavy atom. The lowest BCUT2D eigenvalue weighted by molar-refractivity contribution is -0.218. The fraction of sp³-hybridized carbons (Fsp3) is 0.429. The first-order chi connectivity index (χ1) is 13.8. The minimum Gasteiger partial charge on any atom is -0.761 e. The molecular formula is C14H15N7O7P-. The molecule has 2 saturated heterocycles. The zero-order chi connectivity index (χ0) is 20.4. The number of nitrogens with two attached hydrogens (primary N) is 1. The van der Waals surface area contributed by atoms with Crippen molar-refractivity contribution in [2.24, 2.45) is 0 Å². The SMILES string of the molecule is Nc1nc2c(ncn2[C@@H]2O[C@@]3(COP(=O)([O-])n4ccnc4)CO[C@H]2C3O)c(=O)[nH]1. The smallest absolute Gasteiger partial charge is 0.280 e. The van der Waals surface area contributed by atoms with Gasteiger partial charge in [-0.05, 0) is 0 Å². The number of nitrogen functional groups attached to an aromatic ring is 1. The van der Waals surface area contributed by atoms with Crippen LogP contribution in [0.25, 0.3) is 11.2 Å². The van der Waals surface area contributed by atoms with E-state index in [4.69, 9.17) is 19.7 Å². The number of nitrogens with zero attached hydrogens (tertiary/aromatic N) is 5. The zero-order valence-electron chi connectivity index (χ0n) is 14.6. The molecule has 4 N–H and O–H groups in total. The minimum absolute atomic E-state index is 0.0366. The van der Waals surface area contributed by atoms with Crippen LogP contribution in [0.4, 0.5) is 5.95 Å². The van der Waals surface area contributed by atoms with Crippen LogP contribution in [0.5, 0.6) is 0 Å². The lowest BCUT2D eigenvalue weighted by Gasteiger charge is -2.33. The van der Waals surface area contributed by atoms with Crippen molar-refractivity contribution in [3.63, 3.8) is 0 Å². The molecule has 154 valence electrons. The summed E-state index contributed by atoms with van der Waals surface area (Å²) in [5.41, 5.74) is 3.82. The number of nitrogens with one attached hydrogen (secondary N) is 1. The first-order valence-electron chi connectivity index (χ1n) is 8.45. The van der Waals surface area contributed by atoms with E-state index in [1.165, 1.54) is 23.3 Å². The molecule has 0 amide bonds. The van der Waals surface area contributed by atoms with Crippen LogP contribution >= 0.6 is 7.75 Å². The second-order valence-corrected chi connectivity index (χ2v) is 8.41. The van der Waals surface area contributed by atoms with Crippen LogP contribution in [0.3, 0.4) is 0 Å². The number of aromatic nitrogens is 6. The van der Waals surface area contributed by atoms with Crippen molar-refractivity contribution in [3.05, 3.63) is 35.4 Å². The van der Waals surface area contributed by atoms with Gasteiger partial charge < -0.3 is 29.7 Å². The summed E-state index contributed by atoms with van der Waals surface area (Å²) >= 11 is 0. The van der Waals surface area contributed by atoms with Gasteiger partial charge in [-0.25, -0.2) is 9.97 Å². The second-order valence-electron chi connectivity index (χ2n) is 6.75. The summed E-state index contributed by atoms with van der Waals surface area (Å²) in [6, 6.07) is 0. The third kappa shape index (κ3) is 2.73. The Kier molecular flexibility index (Phi) is 3.93. The quantitative estimate of drug-likeness (QED) is 0.382. The molecule has 29 heavy (non-hydrogen) atoms. The fourth-order valence-corrected chi connectivity index (χ4v) is 4.45. The van der Waals surface area contributed by atoms with E-state index in [1.807, 2.05) is 0 Å². The maximum absolute atomic E-state index is 12.3. The summed E-state index contributed by atoms with van der Waals surface area (Å²) in [4.78, 5) is 38.3. The van der Waals surface area contributed by atoms with Crippen LogP contribution < -0.4 is 16.2 Å². The maximum atomic E-state index is 12.3. The highest BCUT2D eigenvalue weighted by Gasteiger charge is 2.62. The minimum atomic E-state index is -4.48. The van der Waals surface area contributed by atoms with Crippen molar-refractivity contribution in [3.8, 4) is 0 Å². The van der Waals surface area contributed by atoms with Crippen molar-refractivity contribution in [1.82, 2.24) is 28.8 Å². The zero-order valence-corrected chi connectivity index (χ0v) is 15.5. The summed E-state index contributed by atoms with van der Waals surface area (Å²) < 4.78 is 31.1. The highest BCUT2D eigenvalue weighted by atomic mass is 31.2. The van der Waals surface area contributed by atoms with Gasteiger partial charge in [-0.1, -0.05) is 0 Å². The molecule has 2 fully saturated rings. The molecule has 0 saturated carbocycles. The average molecular weight is 424 g/mol. The number of ether oxygens (including phenoxy) is 2. The van der Waals surface area contributed by atoms with Crippen LogP contribution in [0, 0.1) is 0 Å². The van der Waals surface area contributed by atoms with Gasteiger partial charge in [0.1, 0.15) is 24.1 Å². The van der Waals surface area contributed by atoms with Crippen LogP contribution in [0.15, 0.2) is 29.8 Å². The second kappa shape index (κ2) is 6.19. The lowest BCUT2D eigenvalue weighted by Crippen LogP contribution is -2.45. The Balaban J connectivity index is 1.44. The Bertz CT molecular complexity index is 1180. The molecule has 0 radical (unpaired) electrons. The molecule has 15 heteroatoms. The number of fused-ring (bicyclic) bond motifs is 3. The van der Waals surface area contributed by atoms with Crippen LogP contribution in [-0.4, -0.2) is 65.0 Å². The summed E-state index contributed by atoms with van der Waals surface area (Å²) in [6.07, 6.45) is 1.96. The molecule has 5 atom stereocenters. The predicted molar refractivity (Wildman–Crippen MR) is 92.3 cm³/mol. The number of hydrogen-bond acceptors (Lipinski definition) is 11. The first-order valence-corrected chi connectivity index (χ1v) is 9.94. The number of anilines is 1. The van der Waals surface area contributed by atoms with E-state index in [1.54, 1.807) is 0 Å². The average Bonchev–Trinajstić information content (AvgIpc) is 3.44. The molecule has 3 aromatic rings. The van der Waals surface area contributed by atoms with Gasteiger partial charge >= 0.3 is 0 Å². The van der Waals surface area contributed by atoms with Gasteiger partial charge in [-0.2, -0.15) is 4.98 Å². The molecule has 0 spiro atoms. The van der Waals surface area contributed by atoms with Crippen LogP contribution in [0.1, 0.15) is 6.23 Å². The van der Waals surface area contributed by atoms with E-state index in [9.17, 15) is 19.4 Å². The molecule has 2 bridgehead atoms. The van der Waals surface area contributed by atoms with Gasteiger partial charge in [-0.15, -0.1) is 0 Å². The van der Waals surface area contributed by atoms with Crippen LogP contribution in [0.2, 0.25) is 0 Å². The van der Waals surface area contributed by atoms with Gasteiger partial charge in [0.05, 0.1) is 19.5 Å². The number of hydrogen-bond donors (Lipinski definition) is 3. The molecule has 5 heterocycles. The van der Waals surface area contributed by atoms with Crippen molar-refractivity contribution >= 4 is 24.9 Å². The van der Waals surface area contributed by atoms with E-state index in [0.29, 0.717) is 0 Å². The van der Waals surface area contributed by atoms with Gasteiger partial charge in [0.25, 0.3) is 5.56 Å². The van der Waals surface area contributed by atoms with Crippen molar-refractivity contribution < 1.29 is 28.6 Å². The van der Waals surface area contributed by atoms with Gasteiger partial charge in [-0.3, -0.25) is 23.2 Å². The summed E-state index contributed by atoms with van der Waals surface area (Å²) in [5.74, 6) is -0.112. The number of aromatic amines is 1. The van der Waals surface area contributed by atoms with E-state index in [2.05, 4.69) is 19.9 Å². The Labute approximate surface area is 161 Å². The van der Waals surface area contributed by atoms with Crippen molar-refractivity contribution in [2.75, 3.05) is 18.9 Å². The molecule has 2 aliphatic rings. The van der Waals surface area contributed by atoms with Gasteiger partial charge in [0, 0.05) is 12.4 Å². The number of aliphatic hydroxyl groups excluding tert-OH is 1. The van der Waals surface area contributed by atoms with Crippen molar-refractivity contribution in [2.45, 2.75) is 24.0 Å². The summed E-state index contributed by atoms with van der Waals surface area (Å²) in [7, 11) is -4.48. The molecular weight excluding hydrogens is 409 g/mol. The van der Waals surface area contributed by atoms with E-state index in [0.717, 1.165) is 10.7 Å². The Hall–Kier alpha value is -2.61. The highest BCUT2D eigenvalue weighted by Crippen LogP contribution is 2.48. The number of rotatable bonds is 5. The molecule has 2 aliphatic heterocycles. The lowest BCUT2D eigenvalue weighted by atomic mass is 10.0. The number of imidazole rings is 2. The maximum Gasteiger partial charge on any atom is 0.280 e. The molecule has 0 aliphatic carbocycles. The topological polar surface area (TPSA) is 195 Å². The van der Waals surface area contributed by atoms with Crippen molar-refractivity contribution in [1.29, 1.82) is 0 Å².